The van der Waals surface area contributed by atoms with E-state index in [0.717, 1.165) is 49.7 Å². The van der Waals surface area contributed by atoms with Crippen molar-refractivity contribution in [3.8, 4) is 0 Å². The molecule has 0 aliphatic carbocycles. The fraction of sp³-hybridized carbons (Fsp3) is 0.562. The second kappa shape index (κ2) is 5.90. The molecule has 4 heterocycles. The molecule has 23 heavy (non-hydrogen) atoms. The quantitative estimate of drug-likeness (QED) is 0.916. The van der Waals surface area contributed by atoms with Gasteiger partial charge in [-0.15, -0.1) is 0 Å². The van der Waals surface area contributed by atoms with Gasteiger partial charge in [0.05, 0.1) is 17.4 Å². The number of fused-ring (bicyclic) bond motifs is 1. The van der Waals surface area contributed by atoms with Gasteiger partial charge in [-0.1, -0.05) is 0 Å². The second-order valence-corrected chi connectivity index (χ2v) is 6.35. The van der Waals surface area contributed by atoms with E-state index < -0.39 is 0 Å². The summed E-state index contributed by atoms with van der Waals surface area (Å²) in [6.07, 6.45) is 5.44. The van der Waals surface area contributed by atoms with E-state index in [1.807, 2.05) is 24.0 Å². The molecule has 1 N–H and O–H groups in total. The lowest BCUT2D eigenvalue weighted by molar-refractivity contribution is 0.101. The minimum Gasteiger partial charge on any atom is -0.370 e. The molecule has 0 saturated carbocycles. The number of anilines is 1. The minimum absolute atomic E-state index is 0.00874. The second-order valence-electron chi connectivity index (χ2n) is 6.35. The van der Waals surface area contributed by atoms with Gasteiger partial charge in [0, 0.05) is 44.9 Å². The van der Waals surface area contributed by atoms with Gasteiger partial charge in [0.25, 0.3) is 0 Å². The van der Waals surface area contributed by atoms with E-state index in [1.54, 1.807) is 6.33 Å². The summed E-state index contributed by atoms with van der Waals surface area (Å²) in [5.41, 5.74) is 3.48. The van der Waals surface area contributed by atoms with E-state index in [4.69, 9.17) is 4.74 Å². The van der Waals surface area contributed by atoms with E-state index in [2.05, 4.69) is 32.3 Å². The Labute approximate surface area is 135 Å². The maximum atomic E-state index is 5.95. The van der Waals surface area contributed by atoms with Crippen molar-refractivity contribution in [1.29, 1.82) is 0 Å². The predicted octanol–water partition coefficient (Wildman–Crippen LogP) is 1.14. The van der Waals surface area contributed by atoms with Gasteiger partial charge in [0.2, 0.25) is 0 Å². The minimum atomic E-state index is 0.00874. The first-order valence-corrected chi connectivity index (χ1v) is 8.09. The molecule has 7 nitrogen and oxygen atoms in total. The molecule has 4 rings (SSSR count). The standard InChI is InChI=1S/C16H22N6O/c1-21-7-4-12-11(9-21)16(18-10-17-12)20-13-5-8-23-15(13)14-3-6-19-22(14)2/h3,6,10,13,15H,4-5,7-9H2,1-2H3,(H,17,18,20)/t13-,15-/m0/s1. The first kappa shape index (κ1) is 14.6. The molecule has 2 aliphatic heterocycles. The van der Waals surface area contributed by atoms with Gasteiger partial charge in [-0.3, -0.25) is 4.68 Å². The molecule has 0 unspecified atom stereocenters. The summed E-state index contributed by atoms with van der Waals surface area (Å²) >= 11 is 0. The van der Waals surface area contributed by atoms with E-state index in [0.29, 0.717) is 0 Å². The van der Waals surface area contributed by atoms with Crippen LogP contribution in [-0.2, 0) is 24.8 Å². The van der Waals surface area contributed by atoms with E-state index in [1.165, 1.54) is 5.56 Å². The lowest BCUT2D eigenvalue weighted by Crippen LogP contribution is -2.31. The molecule has 1 saturated heterocycles. The number of rotatable bonds is 3. The van der Waals surface area contributed by atoms with Gasteiger partial charge in [-0.25, -0.2) is 9.97 Å². The number of hydrogen-bond acceptors (Lipinski definition) is 6. The number of ether oxygens (including phenoxy) is 1. The smallest absolute Gasteiger partial charge is 0.134 e. The van der Waals surface area contributed by atoms with Gasteiger partial charge in [-0.05, 0) is 19.5 Å². The van der Waals surface area contributed by atoms with Crippen LogP contribution < -0.4 is 5.32 Å². The van der Waals surface area contributed by atoms with Crippen LogP contribution in [0.4, 0.5) is 5.82 Å². The summed E-state index contributed by atoms with van der Waals surface area (Å²) < 4.78 is 7.83. The Morgan fingerprint density at radius 3 is 3.04 bits per heavy atom. The van der Waals surface area contributed by atoms with Crippen LogP contribution in [0, 0.1) is 0 Å². The first-order chi connectivity index (χ1) is 11.2. The number of hydrogen-bond donors (Lipinski definition) is 1. The zero-order valence-corrected chi connectivity index (χ0v) is 13.6. The Bertz CT molecular complexity index is 700. The highest BCUT2D eigenvalue weighted by atomic mass is 16.5. The molecule has 2 aromatic heterocycles. The Balaban J connectivity index is 1.60. The van der Waals surface area contributed by atoms with Crippen LogP contribution in [0.5, 0.6) is 0 Å². The zero-order valence-electron chi connectivity index (χ0n) is 13.6. The molecular weight excluding hydrogens is 292 g/mol. The van der Waals surface area contributed by atoms with E-state index >= 15 is 0 Å². The van der Waals surface area contributed by atoms with E-state index in [-0.39, 0.29) is 12.1 Å². The monoisotopic (exact) mass is 314 g/mol. The van der Waals surface area contributed by atoms with Crippen LogP contribution in [0.25, 0.3) is 0 Å². The Morgan fingerprint density at radius 1 is 1.30 bits per heavy atom. The molecule has 122 valence electrons. The van der Waals surface area contributed by atoms with Crippen LogP contribution >= 0.6 is 0 Å². The fourth-order valence-electron chi connectivity index (χ4n) is 3.47. The molecule has 2 aromatic rings. The average molecular weight is 314 g/mol. The lowest BCUT2D eigenvalue weighted by Gasteiger charge is -2.27. The summed E-state index contributed by atoms with van der Waals surface area (Å²) in [4.78, 5) is 11.3. The van der Waals surface area contributed by atoms with Gasteiger partial charge >= 0.3 is 0 Å². The van der Waals surface area contributed by atoms with Crippen molar-refractivity contribution in [3.05, 3.63) is 35.5 Å². The maximum absolute atomic E-state index is 5.95. The van der Waals surface area contributed by atoms with Crippen molar-refractivity contribution >= 4 is 5.82 Å². The van der Waals surface area contributed by atoms with Gasteiger partial charge in [0.1, 0.15) is 18.2 Å². The number of aryl methyl sites for hydroxylation is 1. The molecular formula is C16H22N6O. The molecule has 0 aromatic carbocycles. The van der Waals surface area contributed by atoms with E-state index in [9.17, 15) is 0 Å². The Hall–Kier alpha value is -1.99. The van der Waals surface area contributed by atoms with Gasteiger partial charge in [-0.2, -0.15) is 5.10 Å². The molecule has 7 heteroatoms. The summed E-state index contributed by atoms with van der Waals surface area (Å²) in [6, 6.07) is 2.23. The zero-order chi connectivity index (χ0) is 15.8. The van der Waals surface area contributed by atoms with Crippen molar-refractivity contribution < 1.29 is 4.74 Å². The Kier molecular flexibility index (Phi) is 3.74. The average Bonchev–Trinajstić information content (AvgIpc) is 3.16. The highest BCUT2D eigenvalue weighted by molar-refractivity contribution is 5.48. The summed E-state index contributed by atoms with van der Waals surface area (Å²) in [5.74, 6) is 0.948. The highest BCUT2D eigenvalue weighted by Gasteiger charge is 2.33. The first-order valence-electron chi connectivity index (χ1n) is 8.09. The van der Waals surface area contributed by atoms with Crippen LogP contribution in [0.1, 0.15) is 29.5 Å². The predicted molar refractivity (Wildman–Crippen MR) is 86.0 cm³/mol. The van der Waals surface area contributed by atoms with Crippen LogP contribution in [0.3, 0.4) is 0 Å². The number of nitrogens with zero attached hydrogens (tertiary/aromatic N) is 5. The van der Waals surface area contributed by atoms with Crippen molar-refractivity contribution in [2.75, 3.05) is 25.5 Å². The maximum Gasteiger partial charge on any atom is 0.134 e. The van der Waals surface area contributed by atoms with Gasteiger partial charge < -0.3 is 15.0 Å². The normalized spacial score (nSPS) is 24.6. The SMILES string of the molecule is CN1CCc2ncnc(N[C@H]3CCO[C@@H]3c3ccnn3C)c2C1. The van der Waals surface area contributed by atoms with Crippen LogP contribution in [0.15, 0.2) is 18.6 Å². The topological polar surface area (TPSA) is 68.1 Å². The summed E-state index contributed by atoms with van der Waals surface area (Å²) in [6.45, 7) is 2.69. The van der Waals surface area contributed by atoms with Crippen LogP contribution in [-0.4, -0.2) is 50.9 Å². The third kappa shape index (κ3) is 2.70. The summed E-state index contributed by atoms with van der Waals surface area (Å²) in [7, 11) is 4.09. The lowest BCUT2D eigenvalue weighted by atomic mass is 10.0. The molecule has 1 fully saturated rings. The summed E-state index contributed by atoms with van der Waals surface area (Å²) in [5, 5.41) is 7.87. The van der Waals surface area contributed by atoms with Crippen molar-refractivity contribution in [1.82, 2.24) is 24.6 Å². The molecule has 0 amide bonds. The van der Waals surface area contributed by atoms with Crippen LogP contribution in [0.2, 0.25) is 0 Å². The third-order valence-corrected chi connectivity index (χ3v) is 4.76. The van der Waals surface area contributed by atoms with Crippen molar-refractivity contribution in [2.24, 2.45) is 7.05 Å². The largest absolute Gasteiger partial charge is 0.370 e. The fourth-order valence-corrected chi connectivity index (χ4v) is 3.47. The van der Waals surface area contributed by atoms with Crippen molar-refractivity contribution in [3.63, 3.8) is 0 Å². The molecule has 0 radical (unpaired) electrons. The Morgan fingerprint density at radius 2 is 2.22 bits per heavy atom. The molecule has 0 bridgehead atoms. The molecule has 2 atom stereocenters. The number of nitrogens with one attached hydrogen (secondary N) is 1. The van der Waals surface area contributed by atoms with Gasteiger partial charge in [0.15, 0.2) is 0 Å². The van der Waals surface area contributed by atoms with Crippen molar-refractivity contribution in [2.45, 2.75) is 31.5 Å². The number of aromatic nitrogens is 4. The third-order valence-electron chi connectivity index (χ3n) is 4.76. The number of likely N-dealkylation sites (N-methyl/N-ethyl adjacent to an activating group) is 1. The molecule has 0 spiro atoms. The highest BCUT2D eigenvalue weighted by Crippen LogP contribution is 2.32. The molecule has 2 aliphatic rings.